The molecule has 0 radical (unpaired) electrons. The summed E-state index contributed by atoms with van der Waals surface area (Å²) in [6, 6.07) is 12.7. The van der Waals surface area contributed by atoms with Gasteiger partial charge in [-0.3, -0.25) is 9.88 Å². The molecule has 0 N–H and O–H groups in total. The summed E-state index contributed by atoms with van der Waals surface area (Å²) < 4.78 is 0. The monoisotopic (exact) mass is 280 g/mol. The van der Waals surface area contributed by atoms with Crippen molar-refractivity contribution in [2.75, 3.05) is 31.1 Å². The molecule has 1 fully saturated rings. The lowest BCUT2D eigenvalue weighted by Crippen LogP contribution is -2.54. The number of pyridine rings is 1. The molecule has 1 saturated heterocycles. The fourth-order valence-corrected chi connectivity index (χ4v) is 2.93. The summed E-state index contributed by atoms with van der Waals surface area (Å²) >= 11 is 0. The summed E-state index contributed by atoms with van der Waals surface area (Å²) in [7, 11) is 0. The van der Waals surface area contributed by atoms with Gasteiger partial charge in [-0.15, -0.1) is 0 Å². The van der Waals surface area contributed by atoms with Crippen LogP contribution in [0.15, 0.2) is 36.5 Å². The Labute approximate surface area is 125 Å². The molecule has 2 heterocycles. The molecule has 0 saturated carbocycles. The largest absolute Gasteiger partial charge is 0.368 e. The zero-order chi connectivity index (χ0) is 14.9. The SMILES string of the molecule is CC(C)(C#N)N1CCN(c2ccnc3ccccc23)CC1. The molecule has 21 heavy (non-hydrogen) atoms. The molecule has 1 aromatic carbocycles. The Kier molecular flexibility index (Phi) is 3.52. The topological polar surface area (TPSA) is 43.2 Å². The Hall–Kier alpha value is -2.12. The number of anilines is 1. The quantitative estimate of drug-likeness (QED) is 0.848. The molecular weight excluding hydrogens is 260 g/mol. The van der Waals surface area contributed by atoms with E-state index in [9.17, 15) is 5.26 Å². The normalized spacial score (nSPS) is 16.9. The molecule has 0 spiro atoms. The molecule has 3 rings (SSSR count). The van der Waals surface area contributed by atoms with Crippen LogP contribution < -0.4 is 4.90 Å². The van der Waals surface area contributed by atoms with Gasteiger partial charge in [-0.25, -0.2) is 0 Å². The number of piperazine rings is 1. The van der Waals surface area contributed by atoms with Gasteiger partial charge in [0.2, 0.25) is 0 Å². The van der Waals surface area contributed by atoms with Crippen molar-refractivity contribution in [3.8, 4) is 6.07 Å². The summed E-state index contributed by atoms with van der Waals surface area (Å²) in [6.45, 7) is 7.70. The third-order valence-electron chi connectivity index (χ3n) is 4.31. The number of benzene rings is 1. The molecule has 4 nitrogen and oxygen atoms in total. The Morgan fingerprint density at radius 1 is 1.10 bits per heavy atom. The molecule has 1 aromatic heterocycles. The van der Waals surface area contributed by atoms with Crippen LogP contribution in [-0.2, 0) is 0 Å². The fourth-order valence-electron chi connectivity index (χ4n) is 2.93. The van der Waals surface area contributed by atoms with Gasteiger partial charge < -0.3 is 4.90 Å². The Morgan fingerprint density at radius 3 is 2.52 bits per heavy atom. The summed E-state index contributed by atoms with van der Waals surface area (Å²) in [5.74, 6) is 0. The Bertz CT molecular complexity index is 673. The lowest BCUT2D eigenvalue weighted by Gasteiger charge is -2.41. The van der Waals surface area contributed by atoms with Crippen molar-refractivity contribution in [1.82, 2.24) is 9.88 Å². The maximum atomic E-state index is 9.26. The van der Waals surface area contributed by atoms with Crippen molar-refractivity contribution in [2.24, 2.45) is 0 Å². The van der Waals surface area contributed by atoms with E-state index in [1.165, 1.54) is 11.1 Å². The highest BCUT2D eigenvalue weighted by Crippen LogP contribution is 2.27. The predicted molar refractivity (Wildman–Crippen MR) is 85.2 cm³/mol. The molecule has 2 aromatic rings. The average molecular weight is 280 g/mol. The molecule has 0 aliphatic carbocycles. The second-order valence-corrected chi connectivity index (χ2v) is 5.99. The first-order valence-corrected chi connectivity index (χ1v) is 7.37. The lowest BCUT2D eigenvalue weighted by molar-refractivity contribution is 0.158. The minimum atomic E-state index is -0.383. The van der Waals surface area contributed by atoms with Crippen LogP contribution in [0.3, 0.4) is 0 Å². The lowest BCUT2D eigenvalue weighted by atomic mass is 10.0. The van der Waals surface area contributed by atoms with E-state index in [-0.39, 0.29) is 5.54 Å². The van der Waals surface area contributed by atoms with Crippen LogP contribution in [0.2, 0.25) is 0 Å². The van der Waals surface area contributed by atoms with E-state index in [0.717, 1.165) is 31.7 Å². The van der Waals surface area contributed by atoms with Crippen molar-refractivity contribution in [3.63, 3.8) is 0 Å². The number of nitriles is 1. The summed E-state index contributed by atoms with van der Waals surface area (Å²) in [5.41, 5.74) is 1.90. The van der Waals surface area contributed by atoms with Crippen LogP contribution >= 0.6 is 0 Å². The zero-order valence-electron chi connectivity index (χ0n) is 12.6. The first-order valence-electron chi connectivity index (χ1n) is 7.37. The summed E-state index contributed by atoms with van der Waals surface area (Å²) in [5, 5.41) is 10.5. The molecule has 0 bridgehead atoms. The van der Waals surface area contributed by atoms with Gasteiger partial charge in [0.25, 0.3) is 0 Å². The van der Waals surface area contributed by atoms with Crippen molar-refractivity contribution >= 4 is 16.6 Å². The van der Waals surface area contributed by atoms with E-state index in [0.29, 0.717) is 0 Å². The molecule has 0 unspecified atom stereocenters. The number of fused-ring (bicyclic) bond motifs is 1. The van der Waals surface area contributed by atoms with Crippen LogP contribution in [0.25, 0.3) is 10.9 Å². The van der Waals surface area contributed by atoms with Gasteiger partial charge in [0, 0.05) is 43.4 Å². The van der Waals surface area contributed by atoms with Crippen LogP contribution in [-0.4, -0.2) is 41.6 Å². The molecule has 4 heteroatoms. The van der Waals surface area contributed by atoms with Crippen molar-refractivity contribution in [3.05, 3.63) is 36.5 Å². The molecule has 1 aliphatic heterocycles. The maximum absolute atomic E-state index is 9.26. The molecule has 0 atom stereocenters. The fraction of sp³-hybridized carbons (Fsp3) is 0.412. The number of hydrogen-bond acceptors (Lipinski definition) is 4. The van der Waals surface area contributed by atoms with Gasteiger partial charge in [-0.2, -0.15) is 5.26 Å². The van der Waals surface area contributed by atoms with Gasteiger partial charge in [0.1, 0.15) is 5.54 Å². The van der Waals surface area contributed by atoms with Gasteiger partial charge in [0.05, 0.1) is 11.6 Å². The number of nitrogens with zero attached hydrogens (tertiary/aromatic N) is 4. The van der Waals surface area contributed by atoms with E-state index >= 15 is 0 Å². The number of para-hydroxylation sites is 1. The average Bonchev–Trinajstić information content (AvgIpc) is 2.54. The maximum Gasteiger partial charge on any atom is 0.103 e. The van der Waals surface area contributed by atoms with Crippen LogP contribution in [0.1, 0.15) is 13.8 Å². The van der Waals surface area contributed by atoms with Crippen molar-refractivity contribution < 1.29 is 0 Å². The Morgan fingerprint density at radius 2 is 1.81 bits per heavy atom. The van der Waals surface area contributed by atoms with Gasteiger partial charge in [-0.05, 0) is 26.0 Å². The van der Waals surface area contributed by atoms with Crippen molar-refractivity contribution in [1.29, 1.82) is 5.26 Å². The molecular formula is C17H20N4. The van der Waals surface area contributed by atoms with Crippen LogP contribution in [0, 0.1) is 11.3 Å². The first kappa shape index (κ1) is 13.8. The van der Waals surface area contributed by atoms with Crippen LogP contribution in [0.4, 0.5) is 5.69 Å². The Balaban J connectivity index is 1.82. The van der Waals surface area contributed by atoms with E-state index in [1.54, 1.807) is 0 Å². The third-order valence-corrected chi connectivity index (χ3v) is 4.31. The zero-order valence-corrected chi connectivity index (χ0v) is 12.6. The molecule has 0 amide bonds. The molecule has 1 aliphatic rings. The second kappa shape index (κ2) is 5.34. The van der Waals surface area contributed by atoms with Gasteiger partial charge >= 0.3 is 0 Å². The highest BCUT2D eigenvalue weighted by atomic mass is 15.3. The predicted octanol–water partition coefficient (Wildman–Crippen LogP) is 2.66. The van der Waals surface area contributed by atoms with E-state index in [4.69, 9.17) is 0 Å². The highest BCUT2D eigenvalue weighted by Gasteiger charge is 2.30. The van der Waals surface area contributed by atoms with E-state index in [2.05, 4.69) is 39.1 Å². The number of aromatic nitrogens is 1. The minimum Gasteiger partial charge on any atom is -0.368 e. The summed E-state index contributed by atoms with van der Waals surface area (Å²) in [4.78, 5) is 9.08. The minimum absolute atomic E-state index is 0.383. The van der Waals surface area contributed by atoms with E-state index < -0.39 is 0 Å². The van der Waals surface area contributed by atoms with E-state index in [1.807, 2.05) is 32.2 Å². The standard InChI is InChI=1S/C17H20N4/c1-17(2,13-18)21-11-9-20(10-12-21)16-7-8-19-15-6-4-3-5-14(15)16/h3-8H,9-12H2,1-2H3. The molecule has 108 valence electrons. The summed E-state index contributed by atoms with van der Waals surface area (Å²) in [6.07, 6.45) is 1.88. The number of hydrogen-bond donors (Lipinski definition) is 0. The number of rotatable bonds is 2. The van der Waals surface area contributed by atoms with Crippen LogP contribution in [0.5, 0.6) is 0 Å². The van der Waals surface area contributed by atoms with Gasteiger partial charge in [0.15, 0.2) is 0 Å². The smallest absolute Gasteiger partial charge is 0.103 e. The highest BCUT2D eigenvalue weighted by molar-refractivity contribution is 5.91. The van der Waals surface area contributed by atoms with Crippen molar-refractivity contribution in [2.45, 2.75) is 19.4 Å². The first-order chi connectivity index (χ1) is 10.1. The third kappa shape index (κ3) is 2.57. The second-order valence-electron chi connectivity index (χ2n) is 5.99. The van der Waals surface area contributed by atoms with Gasteiger partial charge in [-0.1, -0.05) is 18.2 Å².